The van der Waals surface area contributed by atoms with Crippen molar-refractivity contribution in [1.82, 2.24) is 15.2 Å². The molecular formula is C16H30N4S. The largest absolute Gasteiger partial charge is 0.271 e. The van der Waals surface area contributed by atoms with Gasteiger partial charge in [0.15, 0.2) is 0 Å². The van der Waals surface area contributed by atoms with Crippen LogP contribution in [0.5, 0.6) is 0 Å². The van der Waals surface area contributed by atoms with Crippen molar-refractivity contribution in [2.45, 2.75) is 64.5 Å². The molecule has 120 valence electrons. The number of nitrogens with one attached hydrogen (secondary N) is 1. The second-order valence-electron chi connectivity index (χ2n) is 6.12. The van der Waals surface area contributed by atoms with Crippen molar-refractivity contribution in [1.29, 1.82) is 0 Å². The van der Waals surface area contributed by atoms with Gasteiger partial charge in [-0.25, -0.2) is 0 Å². The highest BCUT2D eigenvalue weighted by Crippen LogP contribution is 2.27. The lowest BCUT2D eigenvalue weighted by molar-refractivity contribution is 0.361. The monoisotopic (exact) mass is 310 g/mol. The summed E-state index contributed by atoms with van der Waals surface area (Å²) in [6, 6.07) is 3.03. The van der Waals surface area contributed by atoms with Crippen LogP contribution in [0, 0.1) is 5.92 Å². The number of nitrogens with zero attached hydrogens (tertiary/aromatic N) is 2. The Balaban J connectivity index is 1.88. The van der Waals surface area contributed by atoms with Gasteiger partial charge in [0, 0.05) is 18.7 Å². The molecule has 1 atom stereocenters. The molecular weight excluding hydrogens is 280 g/mol. The van der Waals surface area contributed by atoms with Gasteiger partial charge >= 0.3 is 0 Å². The maximum Gasteiger partial charge on any atom is 0.0640 e. The minimum Gasteiger partial charge on any atom is -0.271 e. The Morgan fingerprint density at radius 3 is 2.71 bits per heavy atom. The Morgan fingerprint density at radius 2 is 2.10 bits per heavy atom. The lowest BCUT2D eigenvalue weighted by Gasteiger charge is -2.25. The summed E-state index contributed by atoms with van der Waals surface area (Å²) in [6.07, 6.45) is 9.18. The minimum atomic E-state index is 0.350. The predicted octanol–water partition coefficient (Wildman–Crippen LogP) is 3.15. The summed E-state index contributed by atoms with van der Waals surface area (Å²) in [5.74, 6) is 9.22. The van der Waals surface area contributed by atoms with E-state index in [1.54, 1.807) is 0 Å². The molecule has 0 bridgehead atoms. The van der Waals surface area contributed by atoms with E-state index in [1.165, 1.54) is 30.8 Å². The van der Waals surface area contributed by atoms with Gasteiger partial charge in [-0.15, -0.1) is 0 Å². The van der Waals surface area contributed by atoms with Crippen LogP contribution in [0.1, 0.15) is 57.7 Å². The van der Waals surface area contributed by atoms with Crippen LogP contribution in [-0.4, -0.2) is 27.3 Å². The maximum absolute atomic E-state index is 5.77. The molecule has 1 aliphatic rings. The van der Waals surface area contributed by atoms with Crippen molar-refractivity contribution in [3.8, 4) is 0 Å². The van der Waals surface area contributed by atoms with E-state index in [4.69, 9.17) is 10.9 Å². The normalized spacial score (nSPS) is 18.3. The summed E-state index contributed by atoms with van der Waals surface area (Å²) in [6.45, 7) is 4.45. The van der Waals surface area contributed by atoms with Crippen LogP contribution in [0.15, 0.2) is 12.3 Å². The van der Waals surface area contributed by atoms with Crippen molar-refractivity contribution in [3.05, 3.63) is 18.0 Å². The first kappa shape index (κ1) is 16.8. The van der Waals surface area contributed by atoms with Gasteiger partial charge in [0.05, 0.1) is 11.7 Å². The topological polar surface area (TPSA) is 55.9 Å². The molecule has 3 N–H and O–H groups in total. The van der Waals surface area contributed by atoms with E-state index in [-0.39, 0.29) is 0 Å². The third-order valence-electron chi connectivity index (χ3n) is 4.63. The zero-order valence-electron chi connectivity index (χ0n) is 13.4. The van der Waals surface area contributed by atoms with Gasteiger partial charge in [-0.2, -0.15) is 16.9 Å². The van der Waals surface area contributed by atoms with Gasteiger partial charge in [-0.05, 0) is 55.6 Å². The van der Waals surface area contributed by atoms with Gasteiger partial charge in [0.1, 0.15) is 0 Å². The van der Waals surface area contributed by atoms with Gasteiger partial charge in [0.25, 0.3) is 0 Å². The van der Waals surface area contributed by atoms with E-state index < -0.39 is 0 Å². The first-order valence-corrected chi connectivity index (χ1v) is 9.50. The van der Waals surface area contributed by atoms with Gasteiger partial charge in [0.2, 0.25) is 0 Å². The molecule has 2 rings (SSSR count). The van der Waals surface area contributed by atoms with E-state index >= 15 is 0 Å². The number of hydrogen-bond acceptors (Lipinski definition) is 4. The molecule has 0 amide bonds. The van der Waals surface area contributed by atoms with E-state index in [9.17, 15) is 0 Å². The fourth-order valence-corrected chi connectivity index (χ4v) is 4.40. The predicted molar refractivity (Wildman–Crippen MR) is 91.3 cm³/mol. The lowest BCUT2D eigenvalue weighted by atomic mass is 9.92. The summed E-state index contributed by atoms with van der Waals surface area (Å²) in [5, 5.41) is 4.75. The van der Waals surface area contributed by atoms with Crippen molar-refractivity contribution < 1.29 is 0 Å². The zero-order chi connectivity index (χ0) is 15.1. The van der Waals surface area contributed by atoms with Gasteiger partial charge in [-0.1, -0.05) is 13.8 Å². The molecule has 1 saturated heterocycles. The van der Waals surface area contributed by atoms with Crippen molar-refractivity contribution in [3.63, 3.8) is 0 Å². The van der Waals surface area contributed by atoms with Crippen LogP contribution in [-0.2, 0) is 6.42 Å². The Hall–Kier alpha value is -0.520. The van der Waals surface area contributed by atoms with Crippen molar-refractivity contribution in [2.24, 2.45) is 11.8 Å². The first-order chi connectivity index (χ1) is 10.3. The van der Waals surface area contributed by atoms with Gasteiger partial charge < -0.3 is 0 Å². The minimum absolute atomic E-state index is 0.350. The Kier molecular flexibility index (Phi) is 7.07. The number of aromatic nitrogens is 2. The molecule has 1 aromatic heterocycles. The molecule has 1 unspecified atom stereocenters. The van der Waals surface area contributed by atoms with E-state index in [1.807, 2.05) is 0 Å². The summed E-state index contributed by atoms with van der Waals surface area (Å²) in [4.78, 5) is 0. The SMILES string of the molecule is CCC(CC)n1ccc(CC(CC2CCSCC2)NN)n1. The lowest BCUT2D eigenvalue weighted by Crippen LogP contribution is -2.39. The second kappa shape index (κ2) is 8.81. The average Bonchev–Trinajstić information content (AvgIpc) is 2.97. The quantitative estimate of drug-likeness (QED) is 0.572. The van der Waals surface area contributed by atoms with E-state index in [0.29, 0.717) is 12.1 Å². The van der Waals surface area contributed by atoms with Crippen LogP contribution in [0.25, 0.3) is 0 Å². The summed E-state index contributed by atoms with van der Waals surface area (Å²) in [7, 11) is 0. The van der Waals surface area contributed by atoms with Crippen LogP contribution in [0.3, 0.4) is 0 Å². The molecule has 0 aromatic carbocycles. The van der Waals surface area contributed by atoms with Crippen molar-refractivity contribution in [2.75, 3.05) is 11.5 Å². The molecule has 1 aliphatic heterocycles. The number of hydrazine groups is 1. The fraction of sp³-hybridized carbons (Fsp3) is 0.812. The molecule has 0 aliphatic carbocycles. The Morgan fingerprint density at radius 1 is 1.38 bits per heavy atom. The summed E-state index contributed by atoms with van der Waals surface area (Å²) in [5.41, 5.74) is 4.17. The highest BCUT2D eigenvalue weighted by Gasteiger charge is 2.19. The van der Waals surface area contributed by atoms with Crippen LogP contribution >= 0.6 is 11.8 Å². The number of rotatable bonds is 8. The fourth-order valence-electron chi connectivity index (χ4n) is 3.20. The van der Waals surface area contributed by atoms with Crippen LogP contribution in [0.2, 0.25) is 0 Å². The van der Waals surface area contributed by atoms with E-state index in [2.05, 4.69) is 48.0 Å². The third-order valence-corrected chi connectivity index (χ3v) is 5.68. The molecule has 21 heavy (non-hydrogen) atoms. The molecule has 0 radical (unpaired) electrons. The number of hydrogen-bond donors (Lipinski definition) is 2. The highest BCUT2D eigenvalue weighted by molar-refractivity contribution is 7.99. The summed E-state index contributed by atoms with van der Waals surface area (Å²) >= 11 is 2.08. The average molecular weight is 311 g/mol. The Labute approximate surface area is 133 Å². The smallest absolute Gasteiger partial charge is 0.0640 e. The molecule has 1 aromatic rings. The first-order valence-electron chi connectivity index (χ1n) is 8.34. The van der Waals surface area contributed by atoms with Crippen LogP contribution < -0.4 is 11.3 Å². The third kappa shape index (κ3) is 5.01. The molecule has 0 saturated carbocycles. The standard InChI is InChI=1S/C16H30N4S/c1-3-16(4-2)20-8-5-14(19-20)12-15(18-17)11-13-6-9-21-10-7-13/h5,8,13,15-16,18H,3-4,6-7,9-12,17H2,1-2H3. The summed E-state index contributed by atoms with van der Waals surface area (Å²) < 4.78 is 2.13. The molecule has 5 heteroatoms. The van der Waals surface area contributed by atoms with Crippen molar-refractivity contribution >= 4 is 11.8 Å². The molecule has 1 fully saturated rings. The van der Waals surface area contributed by atoms with Gasteiger partial charge in [-0.3, -0.25) is 16.0 Å². The number of nitrogens with two attached hydrogens (primary N) is 1. The van der Waals surface area contributed by atoms with Crippen LogP contribution in [0.4, 0.5) is 0 Å². The zero-order valence-corrected chi connectivity index (χ0v) is 14.2. The maximum atomic E-state index is 5.77. The highest BCUT2D eigenvalue weighted by atomic mass is 32.2. The molecule has 0 spiro atoms. The molecule has 4 nitrogen and oxygen atoms in total. The number of thioether (sulfide) groups is 1. The van der Waals surface area contributed by atoms with E-state index in [0.717, 1.165) is 30.9 Å². The molecule has 2 heterocycles. The Bertz CT molecular complexity index is 397. The second-order valence-corrected chi connectivity index (χ2v) is 7.34.